The van der Waals surface area contributed by atoms with Crippen molar-refractivity contribution in [2.75, 3.05) is 11.4 Å². The van der Waals surface area contributed by atoms with E-state index in [0.29, 0.717) is 6.54 Å². The molecule has 1 fully saturated rings. The maximum Gasteiger partial charge on any atom is 0.312 e. The summed E-state index contributed by atoms with van der Waals surface area (Å²) in [5.41, 5.74) is 1.88. The van der Waals surface area contributed by atoms with Gasteiger partial charge in [0.15, 0.2) is 0 Å². The zero-order valence-corrected chi connectivity index (χ0v) is 11.5. The minimum atomic E-state index is -0.775. The topological polar surface area (TPSA) is 60.8 Å². The number of hydrogen-bond acceptors (Lipinski definition) is 3. The molecule has 3 rings (SSSR count). The van der Waals surface area contributed by atoms with Crippen LogP contribution in [-0.2, 0) is 4.79 Å². The molecule has 4 heteroatoms. The Hall–Kier alpha value is -1.55. The third kappa shape index (κ3) is 2.29. The summed E-state index contributed by atoms with van der Waals surface area (Å²) >= 11 is 0. The molecule has 1 saturated carbocycles. The summed E-state index contributed by atoms with van der Waals surface area (Å²) in [6, 6.07) is 7.77. The molecular formula is C16H21NO3. The van der Waals surface area contributed by atoms with E-state index in [2.05, 4.69) is 4.90 Å². The average Bonchev–Trinajstić information content (AvgIpc) is 2.69. The summed E-state index contributed by atoms with van der Waals surface area (Å²) in [4.78, 5) is 13.6. The lowest BCUT2D eigenvalue weighted by Crippen LogP contribution is -2.43. The molecule has 1 aliphatic heterocycles. The predicted molar refractivity (Wildman–Crippen MR) is 77.0 cm³/mol. The van der Waals surface area contributed by atoms with Gasteiger partial charge in [0.2, 0.25) is 0 Å². The van der Waals surface area contributed by atoms with Gasteiger partial charge in [-0.15, -0.1) is 0 Å². The van der Waals surface area contributed by atoms with Gasteiger partial charge in [-0.2, -0.15) is 0 Å². The molecule has 4 nitrogen and oxygen atoms in total. The van der Waals surface area contributed by atoms with Crippen molar-refractivity contribution in [3.8, 4) is 0 Å². The fraction of sp³-hybridized carbons (Fsp3) is 0.562. The second-order valence-electron chi connectivity index (χ2n) is 5.87. The number of aliphatic hydroxyl groups is 1. The van der Waals surface area contributed by atoms with E-state index in [4.69, 9.17) is 0 Å². The standard InChI is InChI=1S/C16H21NO3/c18-15-9-3-1-2-8-14(15)17-10-12(16(19)20)11-6-4-5-7-13(11)17/h4-7,12,14-15,18H,1-3,8-10H2,(H,19,20). The van der Waals surface area contributed by atoms with Gasteiger partial charge in [-0.05, 0) is 24.5 Å². The van der Waals surface area contributed by atoms with E-state index in [9.17, 15) is 15.0 Å². The molecule has 1 heterocycles. The zero-order valence-electron chi connectivity index (χ0n) is 11.5. The summed E-state index contributed by atoms with van der Waals surface area (Å²) < 4.78 is 0. The minimum absolute atomic E-state index is 0.0583. The van der Waals surface area contributed by atoms with E-state index in [1.807, 2.05) is 24.3 Å². The Morgan fingerprint density at radius 2 is 1.90 bits per heavy atom. The van der Waals surface area contributed by atoms with Gasteiger partial charge in [0, 0.05) is 12.2 Å². The van der Waals surface area contributed by atoms with Crippen LogP contribution in [0.15, 0.2) is 24.3 Å². The van der Waals surface area contributed by atoms with Crippen molar-refractivity contribution in [1.82, 2.24) is 0 Å². The van der Waals surface area contributed by atoms with Gasteiger partial charge < -0.3 is 15.1 Å². The Labute approximate surface area is 119 Å². The summed E-state index contributed by atoms with van der Waals surface area (Å²) in [5.74, 6) is -1.25. The number of carbonyl (C=O) groups is 1. The molecule has 1 aromatic rings. The molecule has 3 unspecified atom stereocenters. The molecule has 2 aliphatic rings. The number of benzene rings is 1. The number of carboxylic acid groups (broad SMARTS) is 1. The SMILES string of the molecule is O=C(O)C1CN(C2CCCCCC2O)c2ccccc21. The normalized spacial score (nSPS) is 29.9. The number of aliphatic hydroxyl groups excluding tert-OH is 1. The summed E-state index contributed by atoms with van der Waals surface area (Å²) in [5, 5.41) is 19.8. The van der Waals surface area contributed by atoms with Crippen LogP contribution < -0.4 is 4.90 Å². The Balaban J connectivity index is 1.92. The third-order valence-corrected chi connectivity index (χ3v) is 4.64. The molecule has 0 bridgehead atoms. The first-order valence-corrected chi connectivity index (χ1v) is 7.45. The van der Waals surface area contributed by atoms with Crippen LogP contribution in [-0.4, -0.2) is 34.9 Å². The lowest BCUT2D eigenvalue weighted by atomic mass is 10.0. The van der Waals surface area contributed by atoms with Gasteiger partial charge in [0.25, 0.3) is 0 Å². The van der Waals surface area contributed by atoms with Crippen molar-refractivity contribution >= 4 is 11.7 Å². The second kappa shape index (κ2) is 5.44. The van der Waals surface area contributed by atoms with Crippen molar-refractivity contribution in [2.24, 2.45) is 0 Å². The summed E-state index contributed by atoms with van der Waals surface area (Å²) in [6.45, 7) is 0.483. The number of fused-ring (bicyclic) bond motifs is 1. The number of nitrogens with zero attached hydrogens (tertiary/aromatic N) is 1. The molecule has 0 spiro atoms. The molecule has 108 valence electrons. The van der Waals surface area contributed by atoms with Crippen LogP contribution in [0.5, 0.6) is 0 Å². The number of hydrogen-bond donors (Lipinski definition) is 2. The van der Waals surface area contributed by atoms with Gasteiger partial charge in [0.05, 0.1) is 12.1 Å². The van der Waals surface area contributed by atoms with Gasteiger partial charge in [-0.1, -0.05) is 37.5 Å². The van der Waals surface area contributed by atoms with Crippen LogP contribution in [0, 0.1) is 0 Å². The molecule has 3 atom stereocenters. The van der Waals surface area contributed by atoms with Crippen LogP contribution in [0.4, 0.5) is 5.69 Å². The second-order valence-corrected chi connectivity index (χ2v) is 5.87. The summed E-state index contributed by atoms with van der Waals surface area (Å²) in [6.07, 6.45) is 4.75. The van der Waals surface area contributed by atoms with E-state index in [0.717, 1.165) is 43.4 Å². The van der Waals surface area contributed by atoms with Crippen molar-refractivity contribution in [1.29, 1.82) is 0 Å². The van der Waals surface area contributed by atoms with Crippen molar-refractivity contribution in [2.45, 2.75) is 50.2 Å². The number of aliphatic carboxylic acids is 1. The number of rotatable bonds is 2. The van der Waals surface area contributed by atoms with E-state index in [1.165, 1.54) is 0 Å². The molecule has 0 saturated heterocycles. The molecule has 0 amide bonds. The Kier molecular flexibility index (Phi) is 3.66. The van der Waals surface area contributed by atoms with Crippen molar-refractivity contribution < 1.29 is 15.0 Å². The predicted octanol–water partition coefficient (Wildman–Crippen LogP) is 2.37. The van der Waals surface area contributed by atoms with E-state index in [1.54, 1.807) is 0 Å². The van der Waals surface area contributed by atoms with E-state index in [-0.39, 0.29) is 12.1 Å². The molecular weight excluding hydrogens is 254 g/mol. The van der Waals surface area contributed by atoms with Gasteiger partial charge in [-0.3, -0.25) is 4.79 Å². The zero-order chi connectivity index (χ0) is 14.1. The molecule has 20 heavy (non-hydrogen) atoms. The van der Waals surface area contributed by atoms with Crippen molar-refractivity contribution in [3.05, 3.63) is 29.8 Å². The highest BCUT2D eigenvalue weighted by molar-refractivity contribution is 5.83. The van der Waals surface area contributed by atoms with Crippen LogP contribution in [0.3, 0.4) is 0 Å². The van der Waals surface area contributed by atoms with Gasteiger partial charge >= 0.3 is 5.97 Å². The highest BCUT2D eigenvalue weighted by Gasteiger charge is 2.38. The first-order chi connectivity index (χ1) is 9.68. The van der Waals surface area contributed by atoms with Crippen LogP contribution >= 0.6 is 0 Å². The smallest absolute Gasteiger partial charge is 0.312 e. The molecule has 0 aromatic heterocycles. The molecule has 1 aromatic carbocycles. The Bertz CT molecular complexity index is 502. The van der Waals surface area contributed by atoms with Gasteiger partial charge in [0.1, 0.15) is 5.92 Å². The number of anilines is 1. The molecule has 1 aliphatic carbocycles. The Morgan fingerprint density at radius 1 is 1.15 bits per heavy atom. The fourth-order valence-corrected chi connectivity index (χ4v) is 3.59. The van der Waals surface area contributed by atoms with Gasteiger partial charge in [-0.25, -0.2) is 0 Å². The quantitative estimate of drug-likeness (QED) is 0.813. The monoisotopic (exact) mass is 275 g/mol. The maximum absolute atomic E-state index is 11.5. The minimum Gasteiger partial charge on any atom is -0.481 e. The molecule has 0 radical (unpaired) electrons. The lowest BCUT2D eigenvalue weighted by molar-refractivity contribution is -0.138. The summed E-state index contributed by atoms with van der Waals surface area (Å²) in [7, 11) is 0. The van der Waals surface area contributed by atoms with Crippen LogP contribution in [0.2, 0.25) is 0 Å². The first-order valence-electron chi connectivity index (χ1n) is 7.45. The first kappa shape index (κ1) is 13.4. The maximum atomic E-state index is 11.5. The number of para-hydroxylation sites is 1. The fourth-order valence-electron chi connectivity index (χ4n) is 3.59. The Morgan fingerprint density at radius 3 is 2.70 bits per heavy atom. The van der Waals surface area contributed by atoms with Crippen LogP contribution in [0.1, 0.15) is 43.6 Å². The average molecular weight is 275 g/mol. The van der Waals surface area contributed by atoms with E-state index < -0.39 is 11.9 Å². The largest absolute Gasteiger partial charge is 0.481 e. The van der Waals surface area contributed by atoms with E-state index >= 15 is 0 Å². The lowest BCUT2D eigenvalue weighted by Gasteiger charge is -2.33. The number of carboxylic acids is 1. The van der Waals surface area contributed by atoms with Crippen molar-refractivity contribution in [3.63, 3.8) is 0 Å². The highest BCUT2D eigenvalue weighted by Crippen LogP contribution is 2.39. The van der Waals surface area contributed by atoms with Crippen LogP contribution in [0.25, 0.3) is 0 Å². The third-order valence-electron chi connectivity index (χ3n) is 4.64. The highest BCUT2D eigenvalue weighted by atomic mass is 16.4. The molecule has 2 N–H and O–H groups in total.